The molecule has 9 nitrogen and oxygen atoms in total. The Morgan fingerprint density at radius 2 is 1.81 bits per heavy atom. The van der Waals surface area contributed by atoms with Crippen LogP contribution in [0.1, 0.15) is 27.2 Å². The van der Waals surface area contributed by atoms with Gasteiger partial charge in [-0.15, -0.1) is 4.52 Å². The smallest absolute Gasteiger partial charge is 0.353 e. The fourth-order valence-electron chi connectivity index (χ4n) is 2.79. The molecule has 0 amide bonds. The first-order valence-corrected chi connectivity index (χ1v) is 10.6. The Hall–Kier alpha value is -0.400. The summed E-state index contributed by atoms with van der Waals surface area (Å²) in [6, 6.07) is 0. The van der Waals surface area contributed by atoms with Gasteiger partial charge in [0.15, 0.2) is 12.1 Å². The van der Waals surface area contributed by atoms with Crippen LogP contribution in [-0.4, -0.2) is 63.9 Å². The highest BCUT2D eigenvalue weighted by Crippen LogP contribution is 2.44. The Morgan fingerprint density at radius 1 is 1.22 bits per heavy atom. The van der Waals surface area contributed by atoms with E-state index < -0.39 is 66.3 Å². The van der Waals surface area contributed by atoms with E-state index in [0.29, 0.717) is 0 Å². The Kier molecular flexibility index (Phi) is 6.91. The summed E-state index contributed by atoms with van der Waals surface area (Å²) in [5.41, 5.74) is -5.67. The van der Waals surface area contributed by atoms with Crippen LogP contribution in [0.3, 0.4) is 0 Å². The molecule has 2 heterocycles. The minimum absolute atomic E-state index is 0.119. The third-order valence-electron chi connectivity index (χ3n) is 3.79. The second kappa shape index (κ2) is 8.15. The van der Waals surface area contributed by atoms with E-state index >= 15 is 0 Å². The van der Waals surface area contributed by atoms with Crippen molar-refractivity contribution >= 4 is 18.1 Å². The van der Waals surface area contributed by atoms with Crippen LogP contribution >= 0.6 is 8.03 Å². The molecule has 2 aliphatic rings. The zero-order valence-electron chi connectivity index (χ0n) is 15.0. The van der Waals surface area contributed by atoms with Gasteiger partial charge in [0.05, 0.1) is 19.1 Å². The van der Waals surface area contributed by atoms with E-state index in [2.05, 4.69) is 4.18 Å². The number of ether oxygens (including phenoxy) is 4. The van der Waals surface area contributed by atoms with Crippen LogP contribution in [0.25, 0.3) is 0 Å². The molecule has 0 bridgehead atoms. The topological polar surface area (TPSA) is 107 Å². The molecule has 27 heavy (non-hydrogen) atoms. The molecule has 0 aromatic heterocycles. The van der Waals surface area contributed by atoms with Crippen molar-refractivity contribution < 1.29 is 53.8 Å². The van der Waals surface area contributed by atoms with Gasteiger partial charge in [-0.1, -0.05) is 0 Å². The van der Waals surface area contributed by atoms with E-state index in [1.807, 2.05) is 0 Å². The molecular formula is C13H21F3O9PS+. The summed E-state index contributed by atoms with van der Waals surface area (Å²) >= 11 is 0. The number of rotatable bonds is 8. The van der Waals surface area contributed by atoms with Gasteiger partial charge >= 0.3 is 29.5 Å². The van der Waals surface area contributed by atoms with E-state index in [9.17, 15) is 26.2 Å². The molecule has 0 aromatic rings. The molecule has 6 atom stereocenters. The SMILES string of the molecule is CCO[P+](=O)C(C[C@H]1O[C@@H](OC)[C@@H]2OC(C)(C)O[C@@H]21)OS(=O)(=O)C(F)(F)F. The quantitative estimate of drug-likeness (QED) is 0.318. The average molecular weight is 441 g/mol. The molecule has 2 aliphatic heterocycles. The van der Waals surface area contributed by atoms with E-state index in [1.165, 1.54) is 14.0 Å². The Morgan fingerprint density at radius 3 is 2.33 bits per heavy atom. The van der Waals surface area contributed by atoms with Crippen LogP contribution < -0.4 is 0 Å². The molecule has 0 aliphatic carbocycles. The number of methoxy groups -OCH3 is 1. The van der Waals surface area contributed by atoms with Crippen molar-refractivity contribution in [1.82, 2.24) is 0 Å². The molecule has 2 saturated heterocycles. The summed E-state index contributed by atoms with van der Waals surface area (Å²) in [6.45, 7) is 4.57. The molecule has 2 fully saturated rings. The zero-order valence-corrected chi connectivity index (χ0v) is 16.7. The maximum Gasteiger partial charge on any atom is 0.541 e. The van der Waals surface area contributed by atoms with Crippen molar-refractivity contribution in [3.63, 3.8) is 0 Å². The molecule has 2 unspecified atom stereocenters. The first-order valence-electron chi connectivity index (χ1n) is 7.94. The van der Waals surface area contributed by atoms with Crippen LogP contribution in [-0.2, 0) is 42.3 Å². The summed E-state index contributed by atoms with van der Waals surface area (Å²) < 4.78 is 104. The Balaban J connectivity index is 2.21. The molecule has 14 heteroatoms. The molecule has 0 saturated carbocycles. The van der Waals surface area contributed by atoms with Gasteiger partial charge in [-0.25, -0.2) is 4.18 Å². The number of hydrogen-bond acceptors (Lipinski definition) is 9. The monoisotopic (exact) mass is 441 g/mol. The van der Waals surface area contributed by atoms with Crippen LogP contribution in [0.15, 0.2) is 0 Å². The predicted molar refractivity (Wildman–Crippen MR) is 83.2 cm³/mol. The molecule has 0 spiro atoms. The van der Waals surface area contributed by atoms with Crippen LogP contribution in [0.5, 0.6) is 0 Å². The third-order valence-corrected chi connectivity index (χ3v) is 6.28. The second-order valence-corrected chi connectivity index (χ2v) is 9.20. The van der Waals surface area contributed by atoms with Crippen molar-refractivity contribution in [2.45, 2.75) is 68.9 Å². The van der Waals surface area contributed by atoms with Gasteiger partial charge in [-0.05, 0) is 25.3 Å². The van der Waals surface area contributed by atoms with Crippen molar-refractivity contribution in [1.29, 1.82) is 0 Å². The summed E-state index contributed by atoms with van der Waals surface area (Å²) in [5.74, 6) is -2.94. The fourth-order valence-corrected chi connectivity index (χ4v) is 4.69. The lowest BCUT2D eigenvalue weighted by Gasteiger charge is -2.23. The molecule has 0 radical (unpaired) electrons. The maximum absolute atomic E-state index is 12.6. The Bertz CT molecular complexity index is 654. The normalized spacial score (nSPS) is 32.3. The summed E-state index contributed by atoms with van der Waals surface area (Å²) in [6.07, 6.45) is -3.87. The van der Waals surface area contributed by atoms with Crippen molar-refractivity contribution in [2.75, 3.05) is 13.7 Å². The van der Waals surface area contributed by atoms with Gasteiger partial charge in [0.1, 0.15) is 12.2 Å². The van der Waals surface area contributed by atoms with Gasteiger partial charge in [-0.2, -0.15) is 21.6 Å². The van der Waals surface area contributed by atoms with E-state index in [1.54, 1.807) is 13.8 Å². The molecular weight excluding hydrogens is 420 g/mol. The minimum Gasteiger partial charge on any atom is -0.353 e. The highest BCUT2D eigenvalue weighted by Gasteiger charge is 2.59. The molecule has 158 valence electrons. The molecule has 0 aromatic carbocycles. The highest BCUT2D eigenvalue weighted by molar-refractivity contribution is 7.87. The third kappa shape index (κ3) is 5.15. The maximum atomic E-state index is 12.6. The first kappa shape index (κ1) is 22.9. The fraction of sp³-hybridized carbons (Fsp3) is 1.00. The first-order chi connectivity index (χ1) is 12.3. The van der Waals surface area contributed by atoms with Gasteiger partial charge < -0.3 is 18.9 Å². The van der Waals surface area contributed by atoms with Gasteiger partial charge in [0.2, 0.25) is 0 Å². The standard InChI is InChI=1S/C13H21F3O9PS/c1-5-21-26(17)8(25-27(18,19)13(14,15)16)6-7-9-10(11(20-4)22-7)24-12(2,3)23-9/h7-11H,5-6H2,1-4H3/q+1/t7-,8?,9-,10-,11-/m1/s1. The van der Waals surface area contributed by atoms with Crippen LogP contribution in [0.4, 0.5) is 13.2 Å². The van der Waals surface area contributed by atoms with Gasteiger partial charge in [0.25, 0.3) is 0 Å². The lowest BCUT2D eigenvalue weighted by Crippen LogP contribution is -2.35. The summed E-state index contributed by atoms with van der Waals surface area (Å²) in [5, 5.41) is 0. The van der Waals surface area contributed by atoms with Gasteiger partial charge in [-0.3, -0.25) is 0 Å². The van der Waals surface area contributed by atoms with E-state index in [0.717, 1.165) is 0 Å². The largest absolute Gasteiger partial charge is 0.541 e. The Labute approximate surface area is 155 Å². The lowest BCUT2D eigenvalue weighted by molar-refractivity contribution is -0.228. The van der Waals surface area contributed by atoms with Crippen molar-refractivity contribution in [2.24, 2.45) is 0 Å². The summed E-state index contributed by atoms with van der Waals surface area (Å²) in [7, 11) is -7.55. The number of hydrogen-bond donors (Lipinski definition) is 0. The minimum atomic E-state index is -5.99. The highest BCUT2D eigenvalue weighted by atomic mass is 32.2. The molecule has 0 N–H and O–H groups in total. The van der Waals surface area contributed by atoms with Crippen molar-refractivity contribution in [3.05, 3.63) is 0 Å². The lowest BCUT2D eigenvalue weighted by atomic mass is 10.1. The van der Waals surface area contributed by atoms with E-state index in [4.69, 9.17) is 23.5 Å². The second-order valence-electron chi connectivity index (χ2n) is 6.23. The molecule has 2 rings (SSSR count). The number of alkyl halides is 3. The average Bonchev–Trinajstić information content (AvgIpc) is 2.99. The zero-order chi connectivity index (χ0) is 20.6. The van der Waals surface area contributed by atoms with Gasteiger partial charge in [0, 0.05) is 7.11 Å². The van der Waals surface area contributed by atoms with E-state index in [-0.39, 0.29) is 6.61 Å². The van der Waals surface area contributed by atoms with Crippen LogP contribution in [0, 0.1) is 0 Å². The predicted octanol–water partition coefficient (Wildman–Crippen LogP) is 2.24. The number of halogens is 3. The number of fused-ring (bicyclic) bond motifs is 1. The summed E-state index contributed by atoms with van der Waals surface area (Å²) in [4.78, 5) is 0. The van der Waals surface area contributed by atoms with Crippen LogP contribution in [0.2, 0.25) is 0 Å². The van der Waals surface area contributed by atoms with Crippen molar-refractivity contribution in [3.8, 4) is 0 Å².